The molecule has 108 valence electrons. The molecule has 4 nitrogen and oxygen atoms in total. The Labute approximate surface area is 109 Å². The van der Waals surface area contributed by atoms with Crippen LogP contribution in [0.15, 0.2) is 16.3 Å². The Morgan fingerprint density at radius 2 is 1.90 bits per heavy atom. The Hall–Kier alpha value is -2.11. The van der Waals surface area contributed by atoms with Crippen molar-refractivity contribution in [3.63, 3.8) is 0 Å². The number of primary amides is 1. The molecule has 9 heteroatoms. The lowest BCUT2D eigenvalue weighted by molar-refractivity contribution is -0.116. The second-order valence-electron chi connectivity index (χ2n) is 4.32. The van der Waals surface area contributed by atoms with Crippen molar-refractivity contribution in [2.45, 2.75) is 12.1 Å². The Morgan fingerprint density at radius 3 is 2.30 bits per heavy atom. The summed E-state index contributed by atoms with van der Waals surface area (Å²) in [6.07, 6.45) is -4.98. The maximum atomic E-state index is 13.9. The zero-order chi connectivity index (χ0) is 15.3. The number of rotatable bonds is 2. The number of halogens is 5. The van der Waals surface area contributed by atoms with E-state index < -0.39 is 53.4 Å². The highest BCUT2D eigenvalue weighted by atomic mass is 19.4. The summed E-state index contributed by atoms with van der Waals surface area (Å²) < 4.78 is 65.7. The number of nitrogens with two attached hydrogens (primary N) is 2. The van der Waals surface area contributed by atoms with Crippen LogP contribution in [0.5, 0.6) is 0 Å². The maximum absolute atomic E-state index is 13.9. The van der Waals surface area contributed by atoms with Crippen LogP contribution in [0.1, 0.15) is 0 Å². The molecule has 0 bridgehead atoms. The van der Waals surface area contributed by atoms with Gasteiger partial charge in [0, 0.05) is 5.57 Å². The van der Waals surface area contributed by atoms with Gasteiger partial charge in [-0.2, -0.15) is 22.0 Å². The monoisotopic (exact) mass is 293 g/mol. The van der Waals surface area contributed by atoms with E-state index in [9.17, 15) is 26.7 Å². The van der Waals surface area contributed by atoms with Gasteiger partial charge in [0.05, 0.1) is 5.92 Å². The Kier molecular flexibility index (Phi) is 3.00. The molecule has 0 aromatic heterocycles. The van der Waals surface area contributed by atoms with E-state index in [0.717, 1.165) is 0 Å². The van der Waals surface area contributed by atoms with E-state index >= 15 is 0 Å². The summed E-state index contributed by atoms with van der Waals surface area (Å²) in [7, 11) is 0. The van der Waals surface area contributed by atoms with Crippen molar-refractivity contribution in [3.8, 4) is 11.8 Å². The number of amides is 1. The molecule has 0 aliphatic heterocycles. The van der Waals surface area contributed by atoms with Crippen LogP contribution in [-0.2, 0) is 4.79 Å². The lowest BCUT2D eigenvalue weighted by atomic mass is 9.85. The highest BCUT2D eigenvalue weighted by Gasteiger charge is 2.62. The molecule has 0 unspecified atom stereocenters. The Balaban J connectivity index is 2.56. The summed E-state index contributed by atoms with van der Waals surface area (Å²) in [6, 6.07) is 0. The SMILES string of the molecule is NC(=O)CN=C1C(=C(N)C(F)(F)F)[C@H]2C#C[C@H]2C1(F)F. The first kappa shape index (κ1) is 14.3. The molecule has 1 saturated carbocycles. The van der Waals surface area contributed by atoms with Gasteiger partial charge in [-0.3, -0.25) is 9.79 Å². The Bertz CT molecular complexity index is 593. The molecule has 1 amide bonds. The number of nitrogens with zero attached hydrogens (tertiary/aromatic N) is 1. The molecule has 20 heavy (non-hydrogen) atoms. The molecule has 2 rings (SSSR count). The third-order valence-electron chi connectivity index (χ3n) is 2.99. The van der Waals surface area contributed by atoms with E-state index in [4.69, 9.17) is 11.5 Å². The number of hydrogen-bond acceptors (Lipinski definition) is 3. The van der Waals surface area contributed by atoms with Gasteiger partial charge in [0.2, 0.25) is 5.91 Å². The first-order valence-electron chi connectivity index (χ1n) is 5.36. The van der Waals surface area contributed by atoms with E-state index in [1.54, 1.807) is 0 Å². The van der Waals surface area contributed by atoms with E-state index in [1.807, 2.05) is 0 Å². The molecule has 0 spiro atoms. The van der Waals surface area contributed by atoms with Gasteiger partial charge < -0.3 is 11.5 Å². The van der Waals surface area contributed by atoms with Gasteiger partial charge >= 0.3 is 12.1 Å². The Morgan fingerprint density at radius 1 is 1.30 bits per heavy atom. The van der Waals surface area contributed by atoms with Gasteiger partial charge in [0.25, 0.3) is 0 Å². The summed E-state index contributed by atoms with van der Waals surface area (Å²) in [6.45, 7) is -0.848. The summed E-state index contributed by atoms with van der Waals surface area (Å²) in [5, 5.41) is 0. The molecule has 4 N–H and O–H groups in total. The normalized spacial score (nSPS) is 31.1. The standard InChI is InChI=1S/C11H8F5N3O/c12-10(13)5-2-1-4(5)7(8(18)11(14,15)16)9(10)19-3-6(17)20/h4-5H,3,18H2,(H2,17,20)/t4-,5+/m0/s1. The topological polar surface area (TPSA) is 81.5 Å². The summed E-state index contributed by atoms with van der Waals surface area (Å²) in [5.74, 6) is -3.32. The van der Waals surface area contributed by atoms with Crippen molar-refractivity contribution in [2.24, 2.45) is 28.3 Å². The van der Waals surface area contributed by atoms with Gasteiger partial charge in [0.1, 0.15) is 23.9 Å². The zero-order valence-corrected chi connectivity index (χ0v) is 9.76. The highest BCUT2D eigenvalue weighted by Crippen LogP contribution is 2.50. The number of allylic oxidation sites excluding steroid dienone is 2. The van der Waals surface area contributed by atoms with Gasteiger partial charge in [0.15, 0.2) is 0 Å². The number of hydrogen-bond donors (Lipinski definition) is 2. The lowest BCUT2D eigenvalue weighted by Gasteiger charge is -2.20. The van der Waals surface area contributed by atoms with Gasteiger partial charge in [-0.25, -0.2) is 0 Å². The number of carbonyl (C=O) groups excluding carboxylic acids is 1. The van der Waals surface area contributed by atoms with Crippen LogP contribution in [0.3, 0.4) is 0 Å². The first-order valence-corrected chi connectivity index (χ1v) is 5.36. The molecule has 1 fully saturated rings. The van der Waals surface area contributed by atoms with Crippen LogP contribution in [0.2, 0.25) is 0 Å². The molecule has 2 atom stereocenters. The number of alkyl halides is 5. The summed E-state index contributed by atoms with van der Waals surface area (Å²) in [5.41, 5.74) is 5.99. The van der Waals surface area contributed by atoms with Gasteiger partial charge in [-0.05, 0) is 0 Å². The van der Waals surface area contributed by atoms with Crippen LogP contribution in [0, 0.1) is 23.7 Å². The molecule has 2 aliphatic rings. The van der Waals surface area contributed by atoms with Crippen molar-refractivity contribution in [2.75, 3.05) is 6.54 Å². The van der Waals surface area contributed by atoms with Crippen LogP contribution < -0.4 is 11.5 Å². The van der Waals surface area contributed by atoms with E-state index in [-0.39, 0.29) is 0 Å². The fourth-order valence-electron chi connectivity index (χ4n) is 2.06. The third-order valence-corrected chi connectivity index (χ3v) is 2.99. The number of carbonyl (C=O) groups is 1. The average molecular weight is 293 g/mol. The van der Waals surface area contributed by atoms with Crippen molar-refractivity contribution in [1.82, 2.24) is 0 Å². The number of aliphatic imine (C=N–C) groups is 1. The van der Waals surface area contributed by atoms with Crippen molar-refractivity contribution < 1.29 is 26.7 Å². The molecule has 0 aromatic rings. The summed E-state index contributed by atoms with van der Waals surface area (Å²) in [4.78, 5) is 13.8. The van der Waals surface area contributed by atoms with Crippen molar-refractivity contribution in [3.05, 3.63) is 11.3 Å². The quantitative estimate of drug-likeness (QED) is 0.577. The second kappa shape index (κ2) is 4.19. The highest BCUT2D eigenvalue weighted by molar-refractivity contribution is 6.11. The maximum Gasteiger partial charge on any atom is 0.431 e. The van der Waals surface area contributed by atoms with E-state index in [1.165, 1.54) is 0 Å². The molecule has 2 aliphatic carbocycles. The van der Waals surface area contributed by atoms with Crippen LogP contribution in [-0.4, -0.2) is 30.3 Å². The van der Waals surface area contributed by atoms with E-state index in [0.29, 0.717) is 0 Å². The van der Waals surface area contributed by atoms with E-state index in [2.05, 4.69) is 16.8 Å². The molecule has 0 heterocycles. The molecule has 0 radical (unpaired) electrons. The molecule has 0 aromatic carbocycles. The minimum atomic E-state index is -4.98. The second-order valence-corrected chi connectivity index (χ2v) is 4.32. The molecule has 0 saturated heterocycles. The zero-order valence-electron chi connectivity index (χ0n) is 9.76. The molecular formula is C11H8F5N3O. The average Bonchev–Trinajstić information content (AvgIpc) is 2.35. The smallest absolute Gasteiger partial charge is 0.394 e. The lowest BCUT2D eigenvalue weighted by Crippen LogP contribution is -2.33. The van der Waals surface area contributed by atoms with Crippen molar-refractivity contribution >= 4 is 11.6 Å². The molecular weight excluding hydrogens is 285 g/mol. The predicted octanol–water partition coefficient (Wildman–Crippen LogP) is 0.586. The minimum Gasteiger partial charge on any atom is -0.394 e. The van der Waals surface area contributed by atoms with Crippen LogP contribution in [0.25, 0.3) is 0 Å². The predicted molar refractivity (Wildman–Crippen MR) is 58.5 cm³/mol. The largest absolute Gasteiger partial charge is 0.431 e. The summed E-state index contributed by atoms with van der Waals surface area (Å²) >= 11 is 0. The number of fused-ring (bicyclic) bond motifs is 1. The minimum absolute atomic E-state index is 0.848. The third kappa shape index (κ3) is 2.01. The van der Waals surface area contributed by atoms with Gasteiger partial charge in [-0.1, -0.05) is 11.8 Å². The van der Waals surface area contributed by atoms with Crippen molar-refractivity contribution in [1.29, 1.82) is 0 Å². The van der Waals surface area contributed by atoms with Gasteiger partial charge in [-0.15, -0.1) is 0 Å². The fourth-order valence-corrected chi connectivity index (χ4v) is 2.06. The van der Waals surface area contributed by atoms with Crippen LogP contribution in [0.4, 0.5) is 22.0 Å². The fraction of sp³-hybridized carbons (Fsp3) is 0.455. The first-order chi connectivity index (χ1) is 9.06. The van der Waals surface area contributed by atoms with Crippen LogP contribution >= 0.6 is 0 Å².